The lowest BCUT2D eigenvalue weighted by Gasteiger charge is -2.15. The molecule has 1 atom stereocenters. The second kappa shape index (κ2) is 5.61. The maximum atomic E-state index is 11.6. The molecule has 1 unspecified atom stereocenters. The maximum Gasteiger partial charge on any atom is 0.277 e. The van der Waals surface area contributed by atoms with E-state index in [1.807, 2.05) is 6.07 Å². The molecule has 0 bridgehead atoms. The summed E-state index contributed by atoms with van der Waals surface area (Å²) in [5.41, 5.74) is 1.07. The van der Waals surface area contributed by atoms with Gasteiger partial charge in [-0.1, -0.05) is 72.9 Å². The Morgan fingerprint density at radius 1 is 0.947 bits per heavy atom. The molecule has 2 rings (SSSR count). The van der Waals surface area contributed by atoms with Gasteiger partial charge in [0.25, 0.3) is 10.1 Å². The van der Waals surface area contributed by atoms with Crippen molar-refractivity contribution in [1.29, 1.82) is 0 Å². The molecule has 0 fully saturated rings. The van der Waals surface area contributed by atoms with Crippen molar-refractivity contribution in [3.8, 4) is 0 Å². The highest BCUT2D eigenvalue weighted by molar-refractivity contribution is 7.90. The summed E-state index contributed by atoms with van der Waals surface area (Å²) in [7, 11) is -4.31. The molecular formula is C14H12O3S2. The van der Waals surface area contributed by atoms with Crippen molar-refractivity contribution in [2.75, 3.05) is 0 Å². The molecule has 0 amide bonds. The van der Waals surface area contributed by atoms with Crippen LogP contribution in [-0.2, 0) is 10.1 Å². The van der Waals surface area contributed by atoms with Crippen LogP contribution in [-0.4, -0.2) is 17.8 Å². The van der Waals surface area contributed by atoms with Crippen molar-refractivity contribution in [2.24, 2.45) is 0 Å². The number of thiocarbonyl (C=S) groups is 1. The molecule has 98 valence electrons. The summed E-state index contributed by atoms with van der Waals surface area (Å²) in [6.07, 6.45) is 0. The molecule has 0 saturated heterocycles. The van der Waals surface area contributed by atoms with E-state index in [9.17, 15) is 13.0 Å². The number of hydrogen-bond donors (Lipinski definition) is 1. The molecule has 0 radical (unpaired) electrons. The third kappa shape index (κ3) is 3.26. The Labute approximate surface area is 117 Å². The lowest BCUT2D eigenvalue weighted by atomic mass is 10.0. The van der Waals surface area contributed by atoms with Gasteiger partial charge in [0, 0.05) is 4.86 Å². The van der Waals surface area contributed by atoms with Gasteiger partial charge < -0.3 is 0 Å². The minimum absolute atomic E-state index is 0.189. The zero-order valence-corrected chi connectivity index (χ0v) is 11.6. The fourth-order valence-electron chi connectivity index (χ4n) is 1.84. The summed E-state index contributed by atoms with van der Waals surface area (Å²) >= 11 is 5.23. The predicted octanol–water partition coefficient (Wildman–Crippen LogP) is 3.03. The fraction of sp³-hybridized carbons (Fsp3) is 0.0714. The van der Waals surface area contributed by atoms with Gasteiger partial charge in [-0.25, -0.2) is 0 Å². The monoisotopic (exact) mass is 292 g/mol. The number of benzene rings is 2. The van der Waals surface area contributed by atoms with Gasteiger partial charge in [0.1, 0.15) is 5.25 Å². The number of rotatable bonds is 4. The average molecular weight is 292 g/mol. The average Bonchev–Trinajstić information content (AvgIpc) is 2.39. The van der Waals surface area contributed by atoms with Gasteiger partial charge in [-0.05, 0) is 11.1 Å². The maximum absolute atomic E-state index is 11.6. The molecule has 0 spiro atoms. The van der Waals surface area contributed by atoms with E-state index in [-0.39, 0.29) is 4.86 Å². The first-order chi connectivity index (χ1) is 9.00. The van der Waals surface area contributed by atoms with Crippen molar-refractivity contribution in [2.45, 2.75) is 5.25 Å². The molecule has 1 N–H and O–H groups in total. The minimum atomic E-state index is -4.31. The molecule has 0 saturated carbocycles. The smallest absolute Gasteiger partial charge is 0.277 e. The largest absolute Gasteiger partial charge is 0.285 e. The molecule has 0 aliphatic carbocycles. The normalized spacial score (nSPS) is 12.9. The summed E-state index contributed by atoms with van der Waals surface area (Å²) in [5, 5.41) is -1.22. The first-order valence-corrected chi connectivity index (χ1v) is 7.52. The van der Waals surface area contributed by atoms with E-state index in [1.54, 1.807) is 54.6 Å². The molecule has 2 aromatic rings. The van der Waals surface area contributed by atoms with Crippen LogP contribution >= 0.6 is 12.2 Å². The molecule has 19 heavy (non-hydrogen) atoms. The van der Waals surface area contributed by atoms with Crippen LogP contribution in [0.25, 0.3) is 0 Å². The molecule has 3 nitrogen and oxygen atoms in total. The second-order valence-corrected chi connectivity index (χ2v) is 5.98. The van der Waals surface area contributed by atoms with Gasteiger partial charge in [0.15, 0.2) is 0 Å². The SMILES string of the molecule is O=S(=O)(O)C(C(=S)c1ccccc1)c1ccccc1. The standard InChI is InChI=1S/C14H12O3S2/c15-19(16,17)14(12-9-5-2-6-10-12)13(18)11-7-3-1-4-8-11/h1-10,14H,(H,15,16,17). The summed E-state index contributed by atoms with van der Waals surface area (Å²) in [5.74, 6) is 0. The van der Waals surface area contributed by atoms with Gasteiger partial charge in [-0.3, -0.25) is 4.55 Å². The first kappa shape index (κ1) is 13.9. The first-order valence-electron chi connectivity index (χ1n) is 5.60. The van der Waals surface area contributed by atoms with E-state index in [0.717, 1.165) is 0 Å². The van der Waals surface area contributed by atoms with E-state index in [0.29, 0.717) is 11.1 Å². The lowest BCUT2D eigenvalue weighted by molar-refractivity contribution is 0.479. The van der Waals surface area contributed by atoms with Crippen LogP contribution < -0.4 is 0 Å². The topological polar surface area (TPSA) is 54.4 Å². The Kier molecular flexibility index (Phi) is 4.09. The zero-order valence-electron chi connectivity index (χ0n) is 9.93. The third-order valence-corrected chi connectivity index (χ3v) is 4.42. The molecule has 0 aliphatic rings. The van der Waals surface area contributed by atoms with E-state index in [1.165, 1.54) is 0 Å². The van der Waals surface area contributed by atoms with Crippen molar-refractivity contribution in [3.05, 3.63) is 71.8 Å². The van der Waals surface area contributed by atoms with E-state index >= 15 is 0 Å². The van der Waals surface area contributed by atoms with Gasteiger partial charge in [-0.15, -0.1) is 0 Å². The Bertz CT molecular complexity index is 664. The summed E-state index contributed by atoms with van der Waals surface area (Å²) < 4.78 is 32.7. The van der Waals surface area contributed by atoms with Crippen LogP contribution in [0.4, 0.5) is 0 Å². The number of hydrogen-bond acceptors (Lipinski definition) is 3. The van der Waals surface area contributed by atoms with Crippen molar-refractivity contribution < 1.29 is 13.0 Å². The Hall–Kier alpha value is -1.56. The molecule has 0 heterocycles. The van der Waals surface area contributed by atoms with Crippen molar-refractivity contribution in [1.82, 2.24) is 0 Å². The van der Waals surface area contributed by atoms with Crippen LogP contribution in [0.1, 0.15) is 16.4 Å². The zero-order chi connectivity index (χ0) is 13.9. The van der Waals surface area contributed by atoms with Crippen LogP contribution in [0, 0.1) is 0 Å². The van der Waals surface area contributed by atoms with Crippen LogP contribution in [0.3, 0.4) is 0 Å². The van der Waals surface area contributed by atoms with Crippen LogP contribution in [0.15, 0.2) is 60.7 Å². The Balaban J connectivity index is 2.50. The van der Waals surface area contributed by atoms with Crippen molar-refractivity contribution >= 4 is 27.2 Å². The molecule has 5 heteroatoms. The molecule has 0 aromatic heterocycles. The summed E-state index contributed by atoms with van der Waals surface area (Å²) in [6.45, 7) is 0. The van der Waals surface area contributed by atoms with Gasteiger partial charge in [-0.2, -0.15) is 8.42 Å². The minimum Gasteiger partial charge on any atom is -0.285 e. The Morgan fingerprint density at radius 3 is 1.89 bits per heavy atom. The predicted molar refractivity (Wildman–Crippen MR) is 78.9 cm³/mol. The fourth-order valence-corrected chi connectivity index (χ4v) is 3.38. The molecular weight excluding hydrogens is 280 g/mol. The van der Waals surface area contributed by atoms with E-state index in [2.05, 4.69) is 0 Å². The highest BCUT2D eigenvalue weighted by Gasteiger charge is 2.30. The van der Waals surface area contributed by atoms with Crippen molar-refractivity contribution in [3.63, 3.8) is 0 Å². The summed E-state index contributed by atoms with van der Waals surface area (Å²) in [4.78, 5) is 0.189. The van der Waals surface area contributed by atoms with Gasteiger partial charge in [0.2, 0.25) is 0 Å². The van der Waals surface area contributed by atoms with E-state index in [4.69, 9.17) is 12.2 Å². The highest BCUT2D eigenvalue weighted by Crippen LogP contribution is 2.26. The third-order valence-electron chi connectivity index (χ3n) is 2.70. The van der Waals surface area contributed by atoms with Gasteiger partial charge >= 0.3 is 0 Å². The van der Waals surface area contributed by atoms with Gasteiger partial charge in [0.05, 0.1) is 0 Å². The Morgan fingerprint density at radius 2 is 1.42 bits per heavy atom. The lowest BCUT2D eigenvalue weighted by Crippen LogP contribution is -2.21. The second-order valence-electron chi connectivity index (χ2n) is 4.04. The van der Waals surface area contributed by atoms with Crippen LogP contribution in [0.2, 0.25) is 0 Å². The van der Waals surface area contributed by atoms with Crippen LogP contribution in [0.5, 0.6) is 0 Å². The molecule has 0 aliphatic heterocycles. The molecule has 2 aromatic carbocycles. The quantitative estimate of drug-likeness (QED) is 0.534. The van der Waals surface area contributed by atoms with E-state index < -0.39 is 15.4 Å². The highest BCUT2D eigenvalue weighted by atomic mass is 32.2. The summed E-state index contributed by atoms with van der Waals surface area (Å²) in [6, 6.07) is 17.3.